The Labute approximate surface area is 178 Å². The summed E-state index contributed by atoms with van der Waals surface area (Å²) in [7, 11) is 1.15. The predicted octanol–water partition coefficient (Wildman–Crippen LogP) is 5.13. The number of aromatic nitrogens is 1. The van der Waals surface area contributed by atoms with Gasteiger partial charge in [0.25, 0.3) is 5.69 Å². The molecule has 0 saturated heterocycles. The first-order valence-electron chi connectivity index (χ1n) is 8.49. The van der Waals surface area contributed by atoms with Crippen LogP contribution in [-0.4, -0.2) is 29.4 Å². The van der Waals surface area contributed by atoms with Gasteiger partial charge in [0.05, 0.1) is 23.7 Å². The molecule has 0 spiro atoms. The van der Waals surface area contributed by atoms with Gasteiger partial charge in [-0.2, -0.15) is 14.0 Å². The molecule has 2 aromatic carbocycles. The fourth-order valence-electron chi connectivity index (χ4n) is 2.92. The van der Waals surface area contributed by atoms with Crippen molar-refractivity contribution in [1.29, 1.82) is 5.26 Å². The summed E-state index contributed by atoms with van der Waals surface area (Å²) in [5.41, 5.74) is -0.538. The number of alkyl halides is 2. The highest BCUT2D eigenvalue weighted by Crippen LogP contribution is 2.37. The van der Waals surface area contributed by atoms with Crippen molar-refractivity contribution in [2.45, 2.75) is 6.61 Å². The smallest absolute Gasteiger partial charge is 0.387 e. The number of nitro groups is 1. The minimum absolute atomic E-state index is 0.159. The van der Waals surface area contributed by atoms with Crippen molar-refractivity contribution in [3.8, 4) is 17.6 Å². The summed E-state index contributed by atoms with van der Waals surface area (Å²) in [6.45, 7) is -3.23. The average molecular weight is 448 g/mol. The number of allylic oxidation sites excluding steroid dienone is 1. The van der Waals surface area contributed by atoms with E-state index in [9.17, 15) is 29.0 Å². The van der Waals surface area contributed by atoms with Crippen molar-refractivity contribution in [1.82, 2.24) is 4.98 Å². The van der Waals surface area contributed by atoms with Gasteiger partial charge in [0, 0.05) is 27.7 Å². The van der Waals surface area contributed by atoms with E-state index in [-0.39, 0.29) is 16.9 Å². The lowest BCUT2D eigenvalue weighted by atomic mass is 10.0. The van der Waals surface area contributed by atoms with E-state index in [1.54, 1.807) is 24.3 Å². The molecule has 31 heavy (non-hydrogen) atoms. The molecule has 0 radical (unpaired) electrons. The summed E-state index contributed by atoms with van der Waals surface area (Å²) >= 11 is 5.92. The molecule has 3 rings (SSSR count). The van der Waals surface area contributed by atoms with Crippen LogP contribution < -0.4 is 9.47 Å². The van der Waals surface area contributed by atoms with Crippen molar-refractivity contribution in [2.75, 3.05) is 7.11 Å². The zero-order chi connectivity index (χ0) is 22.7. The largest absolute Gasteiger partial charge is 0.493 e. The number of hydrogen-bond donors (Lipinski definition) is 1. The van der Waals surface area contributed by atoms with E-state index in [0.717, 1.165) is 25.3 Å². The topological polar surface area (TPSA) is 118 Å². The maximum atomic E-state index is 12.9. The van der Waals surface area contributed by atoms with Crippen molar-refractivity contribution >= 4 is 40.1 Å². The van der Waals surface area contributed by atoms with E-state index in [0.29, 0.717) is 15.9 Å². The van der Waals surface area contributed by atoms with E-state index in [1.807, 2.05) is 0 Å². The van der Waals surface area contributed by atoms with Crippen LogP contribution in [0, 0.1) is 21.4 Å². The molecule has 0 bridgehead atoms. The zero-order valence-corrected chi connectivity index (χ0v) is 16.4. The van der Waals surface area contributed by atoms with Crippen molar-refractivity contribution in [3.63, 3.8) is 0 Å². The third-order valence-electron chi connectivity index (χ3n) is 4.28. The van der Waals surface area contributed by atoms with Crippen LogP contribution in [0.1, 0.15) is 15.9 Å². The van der Waals surface area contributed by atoms with Gasteiger partial charge in [0.2, 0.25) is 5.78 Å². The normalized spacial score (nSPS) is 11.4. The van der Waals surface area contributed by atoms with Gasteiger partial charge in [-0.1, -0.05) is 17.7 Å². The van der Waals surface area contributed by atoms with Crippen LogP contribution in [0.5, 0.6) is 11.5 Å². The van der Waals surface area contributed by atoms with Gasteiger partial charge in [-0.05, 0) is 24.3 Å². The Hall–Kier alpha value is -3.97. The number of carbonyl (C=O) groups excluding carboxylic acids is 1. The standard InChI is InChI=1S/C20H12ClF2N3O5/c1-30-17-5-10(16(26(28)29)7-18(17)31-20(22)23)4-11(8-24)19(27)14-9-25-15-6-12(21)2-3-13(14)15/h2-7,9,20,25H,1H3/b11-4+. The Balaban J connectivity index is 2.11. The fraction of sp³-hybridized carbons (Fsp3) is 0.100. The monoisotopic (exact) mass is 447 g/mol. The van der Waals surface area contributed by atoms with Gasteiger partial charge in [0.1, 0.15) is 11.6 Å². The van der Waals surface area contributed by atoms with Gasteiger partial charge in [-0.15, -0.1) is 0 Å². The van der Waals surface area contributed by atoms with E-state index in [1.165, 1.54) is 6.20 Å². The highest BCUT2D eigenvalue weighted by molar-refractivity contribution is 6.31. The molecule has 0 aliphatic carbocycles. The molecule has 158 valence electrons. The maximum absolute atomic E-state index is 12.9. The van der Waals surface area contributed by atoms with Gasteiger partial charge < -0.3 is 14.5 Å². The van der Waals surface area contributed by atoms with E-state index in [4.69, 9.17) is 16.3 Å². The average Bonchev–Trinajstić information content (AvgIpc) is 3.14. The van der Waals surface area contributed by atoms with Gasteiger partial charge in [0.15, 0.2) is 11.5 Å². The third kappa shape index (κ3) is 4.46. The van der Waals surface area contributed by atoms with E-state index in [2.05, 4.69) is 9.72 Å². The molecule has 0 fully saturated rings. The molecule has 0 saturated carbocycles. The molecule has 0 aliphatic rings. The zero-order valence-electron chi connectivity index (χ0n) is 15.7. The van der Waals surface area contributed by atoms with Crippen LogP contribution in [0.2, 0.25) is 5.02 Å². The number of benzene rings is 2. The highest BCUT2D eigenvalue weighted by atomic mass is 35.5. The van der Waals surface area contributed by atoms with Crippen LogP contribution in [0.4, 0.5) is 14.5 Å². The van der Waals surface area contributed by atoms with Crippen LogP contribution in [0.3, 0.4) is 0 Å². The number of rotatable bonds is 7. The number of methoxy groups -OCH3 is 1. The molecule has 3 aromatic rings. The fourth-order valence-corrected chi connectivity index (χ4v) is 3.09. The number of ketones is 1. The number of nitrogens with zero attached hydrogens (tertiary/aromatic N) is 2. The van der Waals surface area contributed by atoms with Gasteiger partial charge >= 0.3 is 6.61 Å². The number of Topliss-reactive ketones (excluding diaryl/α,β-unsaturated/α-hetero) is 1. The number of halogens is 3. The summed E-state index contributed by atoms with van der Waals surface area (Å²) in [5, 5.41) is 21.9. The highest BCUT2D eigenvalue weighted by Gasteiger charge is 2.23. The molecule has 0 aliphatic heterocycles. The van der Waals surface area contributed by atoms with Crippen LogP contribution in [0.15, 0.2) is 42.1 Å². The molecule has 11 heteroatoms. The number of ether oxygens (including phenoxy) is 2. The Morgan fingerprint density at radius 1 is 1.32 bits per heavy atom. The molecule has 0 atom stereocenters. The first-order chi connectivity index (χ1) is 14.7. The molecule has 0 amide bonds. The van der Waals surface area contributed by atoms with Crippen molar-refractivity contribution in [2.24, 2.45) is 0 Å². The van der Waals surface area contributed by atoms with Gasteiger partial charge in [-0.3, -0.25) is 14.9 Å². The summed E-state index contributed by atoms with van der Waals surface area (Å²) < 4.78 is 34.4. The number of nitriles is 1. The second kappa shape index (κ2) is 8.81. The van der Waals surface area contributed by atoms with Crippen LogP contribution in [0.25, 0.3) is 17.0 Å². The summed E-state index contributed by atoms with van der Waals surface area (Å²) in [4.78, 5) is 26.4. The molecule has 8 nitrogen and oxygen atoms in total. The Kier molecular flexibility index (Phi) is 6.17. The first kappa shape index (κ1) is 21.7. The van der Waals surface area contributed by atoms with E-state index >= 15 is 0 Å². The molecule has 1 N–H and O–H groups in total. The second-order valence-corrected chi connectivity index (χ2v) is 6.53. The molecule has 1 aromatic heterocycles. The minimum Gasteiger partial charge on any atom is -0.493 e. The van der Waals surface area contributed by atoms with Crippen molar-refractivity contribution < 1.29 is 28.0 Å². The molecule has 1 heterocycles. The van der Waals surface area contributed by atoms with Crippen molar-refractivity contribution in [3.05, 3.63) is 68.4 Å². The Morgan fingerprint density at radius 2 is 2.06 bits per heavy atom. The SMILES string of the molecule is COc1cc(/C=C(\C#N)C(=O)c2c[nH]c3cc(Cl)ccc23)c([N+](=O)[O-])cc1OC(F)F. The summed E-state index contributed by atoms with van der Waals surface area (Å²) in [5.74, 6) is -1.49. The second-order valence-electron chi connectivity index (χ2n) is 6.09. The number of fused-ring (bicyclic) bond motifs is 1. The Morgan fingerprint density at radius 3 is 2.68 bits per heavy atom. The molecular weight excluding hydrogens is 436 g/mol. The maximum Gasteiger partial charge on any atom is 0.387 e. The van der Waals surface area contributed by atoms with E-state index < -0.39 is 34.3 Å². The van der Waals surface area contributed by atoms with Gasteiger partial charge in [-0.25, -0.2) is 0 Å². The number of H-pyrrole nitrogens is 1. The minimum atomic E-state index is -3.23. The third-order valence-corrected chi connectivity index (χ3v) is 4.51. The summed E-state index contributed by atoms with van der Waals surface area (Å²) in [6, 6.07) is 8.26. The number of aromatic amines is 1. The number of nitro benzene ring substituents is 1. The lowest BCUT2D eigenvalue weighted by molar-refractivity contribution is -0.385. The lowest BCUT2D eigenvalue weighted by Crippen LogP contribution is -2.05. The molecule has 0 unspecified atom stereocenters. The Bertz CT molecular complexity index is 1260. The quantitative estimate of drug-likeness (QED) is 0.176. The first-order valence-corrected chi connectivity index (χ1v) is 8.87. The number of carbonyl (C=O) groups is 1. The number of nitrogens with one attached hydrogen (secondary N) is 1. The molecular formula is C20H12ClF2N3O5. The van der Waals surface area contributed by atoms with Crippen LogP contribution >= 0.6 is 11.6 Å². The number of hydrogen-bond acceptors (Lipinski definition) is 6. The summed E-state index contributed by atoms with van der Waals surface area (Å²) in [6.07, 6.45) is 2.38. The lowest BCUT2D eigenvalue weighted by Gasteiger charge is -2.11. The predicted molar refractivity (Wildman–Crippen MR) is 108 cm³/mol. The van der Waals surface area contributed by atoms with Crippen LogP contribution in [-0.2, 0) is 0 Å².